The van der Waals surface area contributed by atoms with Crippen LogP contribution in [0.4, 0.5) is 5.69 Å². The Hall–Kier alpha value is -2.19. The second-order valence-corrected chi connectivity index (χ2v) is 10.5. The normalized spacial score (nSPS) is 32.8. The summed E-state index contributed by atoms with van der Waals surface area (Å²) in [5.41, 5.74) is -0.427. The van der Waals surface area contributed by atoms with Gasteiger partial charge in [0, 0.05) is 22.7 Å². The summed E-state index contributed by atoms with van der Waals surface area (Å²) in [6.45, 7) is 2.45. The monoisotopic (exact) mass is 515 g/mol. The molecule has 1 saturated carbocycles. The lowest BCUT2D eigenvalue weighted by atomic mass is 9.74. The van der Waals surface area contributed by atoms with E-state index in [1.54, 1.807) is 4.90 Å². The molecule has 7 nitrogen and oxygen atoms in total. The van der Waals surface area contributed by atoms with Crippen molar-refractivity contribution in [3.05, 3.63) is 40.9 Å². The average Bonchev–Trinajstić information content (AvgIpc) is 3.44. The molecule has 176 valence electrons. The van der Waals surface area contributed by atoms with Gasteiger partial charge >= 0.3 is 0 Å². The predicted molar refractivity (Wildman–Crippen MR) is 127 cm³/mol. The quantitative estimate of drug-likeness (QED) is 0.568. The van der Waals surface area contributed by atoms with E-state index in [1.807, 2.05) is 43.3 Å². The van der Waals surface area contributed by atoms with Gasteiger partial charge in [-0.1, -0.05) is 54.3 Å². The maximum Gasteiger partial charge on any atom is 0.246 e. The van der Waals surface area contributed by atoms with Crippen LogP contribution in [0.3, 0.4) is 0 Å². The van der Waals surface area contributed by atoms with E-state index >= 15 is 0 Å². The highest BCUT2D eigenvalue weighted by Gasteiger charge is 2.72. The zero-order valence-corrected chi connectivity index (χ0v) is 20.3. The molecule has 1 aromatic rings. The molecule has 8 heteroatoms. The average molecular weight is 516 g/mol. The molecule has 3 fully saturated rings. The maximum absolute atomic E-state index is 13.6. The molecule has 0 unspecified atom stereocenters. The van der Waals surface area contributed by atoms with Gasteiger partial charge in [0.1, 0.15) is 11.6 Å². The molecule has 4 aliphatic rings. The van der Waals surface area contributed by atoms with Gasteiger partial charge in [-0.3, -0.25) is 14.4 Å². The molecule has 2 saturated heterocycles. The standard InChI is InChI=1S/C25H30BrN3O4/c1-2-14-29-21(23(31)28-16-6-4-3-5-7-16)25-13-12-18(33-25)19(20(25)24(29)32)22(30)27-17-10-8-15(26)9-11-17/h8-13,16,18-21H,2-7,14H2,1H3,(H,27,30)(H,28,31)/t18-,19-,20-,21-,25+/m1/s1. The van der Waals surface area contributed by atoms with E-state index in [1.165, 1.54) is 6.42 Å². The molecule has 3 heterocycles. The summed E-state index contributed by atoms with van der Waals surface area (Å²) in [5, 5.41) is 6.13. The topological polar surface area (TPSA) is 87.7 Å². The number of carbonyl (C=O) groups excluding carboxylic acids is 3. The van der Waals surface area contributed by atoms with E-state index in [-0.39, 0.29) is 23.8 Å². The lowest BCUT2D eigenvalue weighted by Gasteiger charge is -2.34. The summed E-state index contributed by atoms with van der Waals surface area (Å²) in [4.78, 5) is 42.1. The van der Waals surface area contributed by atoms with Crippen molar-refractivity contribution in [1.82, 2.24) is 10.2 Å². The minimum absolute atomic E-state index is 0.138. The first-order valence-corrected chi connectivity index (χ1v) is 12.8. The highest BCUT2D eigenvalue weighted by atomic mass is 79.9. The van der Waals surface area contributed by atoms with Gasteiger partial charge in [-0.05, 0) is 43.5 Å². The number of nitrogens with zero attached hydrogens (tertiary/aromatic N) is 1. The molecular formula is C25H30BrN3O4. The van der Waals surface area contributed by atoms with Crippen LogP contribution < -0.4 is 10.6 Å². The summed E-state index contributed by atoms with van der Waals surface area (Å²) in [6, 6.07) is 6.71. The fraction of sp³-hybridized carbons (Fsp3) is 0.560. The van der Waals surface area contributed by atoms with E-state index in [2.05, 4.69) is 26.6 Å². The van der Waals surface area contributed by atoms with Crippen LogP contribution in [0.2, 0.25) is 0 Å². The van der Waals surface area contributed by atoms with Gasteiger partial charge in [0.25, 0.3) is 0 Å². The van der Waals surface area contributed by atoms with E-state index in [9.17, 15) is 14.4 Å². The molecule has 2 bridgehead atoms. The highest BCUT2D eigenvalue weighted by molar-refractivity contribution is 9.10. The van der Waals surface area contributed by atoms with Gasteiger partial charge < -0.3 is 20.3 Å². The van der Waals surface area contributed by atoms with Gasteiger partial charge in [0.05, 0.1) is 17.9 Å². The first-order valence-electron chi connectivity index (χ1n) is 12.0. The zero-order chi connectivity index (χ0) is 23.2. The number of rotatable bonds is 6. The molecule has 5 rings (SSSR count). The number of amides is 3. The van der Waals surface area contributed by atoms with Gasteiger partial charge in [-0.2, -0.15) is 0 Å². The Kier molecular flexibility index (Phi) is 6.07. The van der Waals surface area contributed by atoms with Gasteiger partial charge in [-0.25, -0.2) is 0 Å². The van der Waals surface area contributed by atoms with Crippen molar-refractivity contribution in [3.8, 4) is 0 Å². The summed E-state index contributed by atoms with van der Waals surface area (Å²) in [7, 11) is 0. The van der Waals surface area contributed by atoms with Crippen LogP contribution >= 0.6 is 15.9 Å². The Bertz CT molecular complexity index is 974. The zero-order valence-electron chi connectivity index (χ0n) is 18.8. The smallest absolute Gasteiger partial charge is 0.246 e. The number of anilines is 1. The summed E-state index contributed by atoms with van der Waals surface area (Å²) < 4.78 is 7.26. The van der Waals surface area contributed by atoms with Crippen LogP contribution in [0.15, 0.2) is 40.9 Å². The molecule has 1 aromatic carbocycles. The second-order valence-electron chi connectivity index (χ2n) is 9.57. The van der Waals surface area contributed by atoms with Crippen molar-refractivity contribution in [2.45, 2.75) is 69.2 Å². The fourth-order valence-corrected chi connectivity index (χ4v) is 6.30. The van der Waals surface area contributed by atoms with Crippen LogP contribution in [0.5, 0.6) is 0 Å². The van der Waals surface area contributed by atoms with Crippen LogP contribution in [0, 0.1) is 11.8 Å². The number of halogens is 1. The number of nitrogens with one attached hydrogen (secondary N) is 2. The molecule has 0 aromatic heterocycles. The molecule has 2 N–H and O–H groups in total. The van der Waals surface area contributed by atoms with Gasteiger partial charge in [0.2, 0.25) is 17.7 Å². The Labute approximate surface area is 202 Å². The molecule has 3 aliphatic heterocycles. The molecule has 1 spiro atoms. The number of likely N-dealkylation sites (tertiary alicyclic amines) is 1. The van der Waals surface area contributed by atoms with E-state index in [0.29, 0.717) is 12.2 Å². The molecule has 3 amide bonds. The van der Waals surface area contributed by atoms with E-state index < -0.39 is 29.6 Å². The van der Waals surface area contributed by atoms with Crippen molar-refractivity contribution in [3.63, 3.8) is 0 Å². The largest absolute Gasteiger partial charge is 0.359 e. The Morgan fingerprint density at radius 3 is 2.58 bits per heavy atom. The summed E-state index contributed by atoms with van der Waals surface area (Å²) in [6.07, 6.45) is 9.28. The van der Waals surface area contributed by atoms with Crippen molar-refractivity contribution in [2.75, 3.05) is 11.9 Å². The summed E-state index contributed by atoms with van der Waals surface area (Å²) in [5.74, 6) is -1.94. The van der Waals surface area contributed by atoms with Crippen molar-refractivity contribution < 1.29 is 19.1 Å². The summed E-state index contributed by atoms with van der Waals surface area (Å²) >= 11 is 3.40. The van der Waals surface area contributed by atoms with E-state index in [4.69, 9.17) is 4.74 Å². The minimum atomic E-state index is -1.09. The van der Waals surface area contributed by atoms with Gasteiger partial charge in [0.15, 0.2) is 0 Å². The first-order chi connectivity index (χ1) is 15.9. The molecular weight excluding hydrogens is 486 g/mol. The molecule has 0 radical (unpaired) electrons. The third kappa shape index (κ3) is 3.81. The van der Waals surface area contributed by atoms with Crippen LogP contribution in [-0.2, 0) is 19.1 Å². The second kappa shape index (κ2) is 8.87. The lowest BCUT2D eigenvalue weighted by Crippen LogP contribution is -2.56. The van der Waals surface area contributed by atoms with Crippen molar-refractivity contribution in [2.24, 2.45) is 11.8 Å². The maximum atomic E-state index is 13.6. The number of hydrogen-bond donors (Lipinski definition) is 2. The SMILES string of the molecule is CCCN1C(=O)[C@H]2[C@H](C(=O)Nc3ccc(Br)cc3)[C@H]3C=C[C@@]2(O3)[C@H]1C(=O)NC1CCCCC1. The molecule has 33 heavy (non-hydrogen) atoms. The Morgan fingerprint density at radius 2 is 1.88 bits per heavy atom. The number of ether oxygens (including phenoxy) is 1. The molecule has 5 atom stereocenters. The van der Waals surface area contributed by atoms with Crippen molar-refractivity contribution in [1.29, 1.82) is 0 Å². The van der Waals surface area contributed by atoms with Crippen LogP contribution in [-0.4, -0.2) is 53.0 Å². The highest BCUT2D eigenvalue weighted by Crippen LogP contribution is 2.55. The Morgan fingerprint density at radius 1 is 1.15 bits per heavy atom. The number of carbonyl (C=O) groups is 3. The van der Waals surface area contributed by atoms with E-state index in [0.717, 1.165) is 36.6 Å². The number of hydrogen-bond acceptors (Lipinski definition) is 4. The minimum Gasteiger partial charge on any atom is -0.359 e. The third-order valence-electron chi connectivity index (χ3n) is 7.45. The van der Waals surface area contributed by atoms with Crippen LogP contribution in [0.1, 0.15) is 45.4 Å². The third-order valence-corrected chi connectivity index (χ3v) is 7.98. The predicted octanol–water partition coefficient (Wildman–Crippen LogP) is 3.40. The van der Waals surface area contributed by atoms with Gasteiger partial charge in [-0.15, -0.1) is 0 Å². The van der Waals surface area contributed by atoms with Crippen LogP contribution in [0.25, 0.3) is 0 Å². The number of benzene rings is 1. The van der Waals surface area contributed by atoms with Crippen molar-refractivity contribution >= 4 is 39.3 Å². The molecule has 1 aliphatic carbocycles. The lowest BCUT2D eigenvalue weighted by molar-refractivity contribution is -0.141. The first kappa shape index (κ1) is 22.6. The fourth-order valence-electron chi connectivity index (χ4n) is 6.03. The Balaban J connectivity index is 1.41. The number of fused-ring (bicyclic) bond motifs is 1.